The molecule has 0 aliphatic heterocycles. The van der Waals surface area contributed by atoms with Crippen LogP contribution in [0.25, 0.3) is 0 Å². The molecule has 6 heteroatoms. The molecule has 23 heavy (non-hydrogen) atoms. The van der Waals surface area contributed by atoms with E-state index < -0.39 is 0 Å². The van der Waals surface area contributed by atoms with Gasteiger partial charge in [0.25, 0.3) is 0 Å². The number of rotatable bonds is 6. The van der Waals surface area contributed by atoms with E-state index in [1.165, 1.54) is 12.1 Å². The van der Waals surface area contributed by atoms with Gasteiger partial charge in [-0.3, -0.25) is 0 Å². The molecule has 0 saturated carbocycles. The Morgan fingerprint density at radius 2 is 1.74 bits per heavy atom. The second-order valence-corrected chi connectivity index (χ2v) is 4.96. The van der Waals surface area contributed by atoms with E-state index in [1.807, 2.05) is 30.3 Å². The van der Waals surface area contributed by atoms with E-state index in [0.29, 0.717) is 18.3 Å². The quantitative estimate of drug-likeness (QED) is 0.730. The van der Waals surface area contributed by atoms with Gasteiger partial charge < -0.3 is 10.6 Å². The third kappa shape index (κ3) is 4.47. The maximum atomic E-state index is 12.8. The lowest BCUT2D eigenvalue weighted by Crippen LogP contribution is -2.08. The third-order valence-electron chi connectivity index (χ3n) is 3.22. The SMILES string of the molecule is Fc1ccc(CCNc2cnnc(Nc3ccccc3)n2)cc1. The molecule has 0 aliphatic rings. The van der Waals surface area contributed by atoms with E-state index in [0.717, 1.165) is 17.7 Å². The molecular formula is C17H16FN5. The van der Waals surface area contributed by atoms with Crippen LogP contribution < -0.4 is 10.6 Å². The normalized spacial score (nSPS) is 10.3. The molecule has 5 nitrogen and oxygen atoms in total. The number of nitrogens with zero attached hydrogens (tertiary/aromatic N) is 3. The zero-order valence-corrected chi connectivity index (χ0v) is 12.4. The summed E-state index contributed by atoms with van der Waals surface area (Å²) in [7, 11) is 0. The number of hydrogen-bond donors (Lipinski definition) is 2. The van der Waals surface area contributed by atoms with E-state index in [2.05, 4.69) is 25.8 Å². The molecule has 0 radical (unpaired) electrons. The van der Waals surface area contributed by atoms with E-state index in [1.54, 1.807) is 18.3 Å². The van der Waals surface area contributed by atoms with Crippen LogP contribution in [0.2, 0.25) is 0 Å². The van der Waals surface area contributed by atoms with Crippen LogP contribution in [0.15, 0.2) is 60.8 Å². The van der Waals surface area contributed by atoms with Crippen LogP contribution in [0.5, 0.6) is 0 Å². The Morgan fingerprint density at radius 3 is 2.52 bits per heavy atom. The summed E-state index contributed by atoms with van der Waals surface area (Å²) in [4.78, 5) is 4.36. The van der Waals surface area contributed by atoms with Crippen LogP contribution in [0.4, 0.5) is 21.8 Å². The number of anilines is 3. The Hall–Kier alpha value is -3.02. The summed E-state index contributed by atoms with van der Waals surface area (Å²) < 4.78 is 12.8. The summed E-state index contributed by atoms with van der Waals surface area (Å²) in [6.45, 7) is 0.676. The Labute approximate surface area is 133 Å². The monoisotopic (exact) mass is 309 g/mol. The Kier molecular flexibility index (Phi) is 4.73. The van der Waals surface area contributed by atoms with Crippen molar-refractivity contribution < 1.29 is 4.39 Å². The van der Waals surface area contributed by atoms with Gasteiger partial charge in [0.1, 0.15) is 5.82 Å². The van der Waals surface area contributed by atoms with Gasteiger partial charge in [-0.15, -0.1) is 5.10 Å². The average Bonchev–Trinajstić information content (AvgIpc) is 2.58. The van der Waals surface area contributed by atoms with Gasteiger partial charge in [-0.25, -0.2) is 4.39 Å². The standard InChI is InChI=1S/C17H16FN5/c18-14-8-6-13(7-9-14)10-11-19-16-12-20-23-17(22-16)21-15-4-2-1-3-5-15/h1-9,12H,10-11H2,(H2,19,21,22,23). The average molecular weight is 309 g/mol. The minimum atomic E-state index is -0.224. The highest BCUT2D eigenvalue weighted by molar-refractivity contribution is 5.53. The topological polar surface area (TPSA) is 62.7 Å². The molecule has 0 atom stereocenters. The number of hydrogen-bond acceptors (Lipinski definition) is 5. The van der Waals surface area contributed by atoms with Crippen molar-refractivity contribution in [1.82, 2.24) is 15.2 Å². The maximum Gasteiger partial charge on any atom is 0.249 e. The number of benzene rings is 2. The fourth-order valence-electron chi connectivity index (χ4n) is 2.08. The lowest BCUT2D eigenvalue weighted by Gasteiger charge is -2.07. The molecule has 116 valence electrons. The summed E-state index contributed by atoms with van der Waals surface area (Å²) in [6, 6.07) is 16.1. The van der Waals surface area contributed by atoms with Crippen molar-refractivity contribution in [1.29, 1.82) is 0 Å². The largest absolute Gasteiger partial charge is 0.368 e. The second-order valence-electron chi connectivity index (χ2n) is 4.96. The van der Waals surface area contributed by atoms with Gasteiger partial charge in [-0.05, 0) is 36.2 Å². The van der Waals surface area contributed by atoms with Crippen LogP contribution >= 0.6 is 0 Å². The zero-order chi connectivity index (χ0) is 15.9. The van der Waals surface area contributed by atoms with Crippen LogP contribution in [0, 0.1) is 5.82 Å². The Balaban J connectivity index is 1.56. The molecule has 0 amide bonds. The second kappa shape index (κ2) is 7.31. The first-order valence-corrected chi connectivity index (χ1v) is 7.30. The van der Waals surface area contributed by atoms with Crippen molar-refractivity contribution >= 4 is 17.5 Å². The van der Waals surface area contributed by atoms with Gasteiger partial charge in [-0.1, -0.05) is 30.3 Å². The van der Waals surface area contributed by atoms with Crippen LogP contribution in [-0.4, -0.2) is 21.7 Å². The summed E-state index contributed by atoms with van der Waals surface area (Å²) >= 11 is 0. The fraction of sp³-hybridized carbons (Fsp3) is 0.118. The van der Waals surface area contributed by atoms with Gasteiger partial charge in [0, 0.05) is 12.2 Å². The highest BCUT2D eigenvalue weighted by atomic mass is 19.1. The highest BCUT2D eigenvalue weighted by Gasteiger charge is 2.01. The van der Waals surface area contributed by atoms with Crippen molar-refractivity contribution in [2.45, 2.75) is 6.42 Å². The summed E-state index contributed by atoms with van der Waals surface area (Å²) in [5.74, 6) is 0.849. The number of nitrogens with one attached hydrogen (secondary N) is 2. The zero-order valence-electron chi connectivity index (χ0n) is 12.4. The minimum absolute atomic E-state index is 0.224. The molecule has 0 aliphatic carbocycles. The molecule has 1 aromatic heterocycles. The van der Waals surface area contributed by atoms with Crippen molar-refractivity contribution in [2.75, 3.05) is 17.2 Å². The molecular weight excluding hydrogens is 293 g/mol. The lowest BCUT2D eigenvalue weighted by atomic mass is 10.1. The summed E-state index contributed by atoms with van der Waals surface area (Å²) in [5.41, 5.74) is 1.96. The van der Waals surface area contributed by atoms with Gasteiger partial charge in [0.15, 0.2) is 5.82 Å². The molecule has 3 rings (SSSR count). The number of para-hydroxylation sites is 1. The van der Waals surface area contributed by atoms with Crippen LogP contribution in [0.1, 0.15) is 5.56 Å². The smallest absolute Gasteiger partial charge is 0.249 e. The first-order chi connectivity index (χ1) is 11.3. The molecule has 3 aromatic rings. The van der Waals surface area contributed by atoms with Crippen LogP contribution in [0.3, 0.4) is 0 Å². The van der Waals surface area contributed by atoms with E-state index in [4.69, 9.17) is 0 Å². The molecule has 0 unspecified atom stereocenters. The maximum absolute atomic E-state index is 12.8. The highest BCUT2D eigenvalue weighted by Crippen LogP contribution is 2.12. The Bertz CT molecular complexity index is 746. The molecule has 1 heterocycles. The van der Waals surface area contributed by atoms with Crippen molar-refractivity contribution in [3.63, 3.8) is 0 Å². The van der Waals surface area contributed by atoms with Crippen molar-refractivity contribution in [3.05, 3.63) is 72.2 Å². The molecule has 0 saturated heterocycles. The summed E-state index contributed by atoms with van der Waals surface area (Å²) in [5, 5.41) is 14.2. The van der Waals surface area contributed by atoms with E-state index in [-0.39, 0.29) is 5.82 Å². The minimum Gasteiger partial charge on any atom is -0.368 e. The lowest BCUT2D eigenvalue weighted by molar-refractivity contribution is 0.627. The van der Waals surface area contributed by atoms with Gasteiger partial charge >= 0.3 is 0 Å². The molecule has 2 aromatic carbocycles. The molecule has 0 bridgehead atoms. The van der Waals surface area contributed by atoms with Crippen LogP contribution in [-0.2, 0) is 6.42 Å². The van der Waals surface area contributed by atoms with Gasteiger partial charge in [-0.2, -0.15) is 10.1 Å². The predicted molar refractivity (Wildman–Crippen MR) is 88.1 cm³/mol. The van der Waals surface area contributed by atoms with E-state index in [9.17, 15) is 4.39 Å². The van der Waals surface area contributed by atoms with Crippen molar-refractivity contribution in [3.8, 4) is 0 Å². The van der Waals surface area contributed by atoms with Gasteiger partial charge in [0.2, 0.25) is 5.95 Å². The summed E-state index contributed by atoms with van der Waals surface area (Å²) in [6.07, 6.45) is 2.34. The fourth-order valence-corrected chi connectivity index (χ4v) is 2.08. The van der Waals surface area contributed by atoms with E-state index >= 15 is 0 Å². The molecule has 2 N–H and O–H groups in total. The van der Waals surface area contributed by atoms with Gasteiger partial charge in [0.05, 0.1) is 6.20 Å². The third-order valence-corrected chi connectivity index (χ3v) is 3.22. The first-order valence-electron chi connectivity index (χ1n) is 7.30. The first kappa shape index (κ1) is 14.9. The number of halogens is 1. The Morgan fingerprint density at radius 1 is 0.957 bits per heavy atom. The molecule has 0 fully saturated rings. The predicted octanol–water partition coefficient (Wildman–Crippen LogP) is 3.41. The van der Waals surface area contributed by atoms with Crippen molar-refractivity contribution in [2.24, 2.45) is 0 Å². The number of aromatic nitrogens is 3. The molecule has 0 spiro atoms.